The second kappa shape index (κ2) is 5.12. The van der Waals surface area contributed by atoms with Crippen LogP contribution < -0.4 is 0 Å². The predicted molar refractivity (Wildman–Crippen MR) is 88.9 cm³/mol. The zero-order valence-corrected chi connectivity index (χ0v) is 12.9. The zero-order valence-electron chi connectivity index (χ0n) is 11.4. The molecule has 0 unspecified atom stereocenters. The molecule has 0 aliphatic carbocycles. The minimum atomic E-state index is 0.714. The summed E-state index contributed by atoms with van der Waals surface area (Å²) in [6.45, 7) is 4.10. The van der Waals surface area contributed by atoms with Crippen LogP contribution in [0.5, 0.6) is 0 Å². The smallest absolute Gasteiger partial charge is 0.0514 e. The summed E-state index contributed by atoms with van der Waals surface area (Å²) < 4.78 is 0. The van der Waals surface area contributed by atoms with Crippen LogP contribution in [0.15, 0.2) is 48.5 Å². The normalized spacial score (nSPS) is 11.0. The Labute approximate surface area is 129 Å². The van der Waals surface area contributed by atoms with Crippen LogP contribution in [-0.4, -0.2) is 0 Å². The summed E-state index contributed by atoms with van der Waals surface area (Å²) in [7, 11) is 0. The maximum Gasteiger partial charge on any atom is 0.0514 e. The molecular weight excluding hydrogens is 287 g/mol. The zero-order chi connectivity index (χ0) is 14.3. The number of fused-ring (bicyclic) bond motifs is 1. The maximum atomic E-state index is 6.48. The molecule has 2 heteroatoms. The van der Waals surface area contributed by atoms with Gasteiger partial charge >= 0.3 is 0 Å². The van der Waals surface area contributed by atoms with E-state index >= 15 is 0 Å². The molecule has 0 bridgehead atoms. The van der Waals surface area contributed by atoms with E-state index in [1.165, 1.54) is 16.3 Å². The highest BCUT2D eigenvalue weighted by Gasteiger charge is 2.11. The van der Waals surface area contributed by atoms with Gasteiger partial charge in [-0.15, -0.1) is 0 Å². The average molecular weight is 301 g/mol. The molecule has 0 saturated carbocycles. The van der Waals surface area contributed by atoms with Gasteiger partial charge < -0.3 is 0 Å². The minimum absolute atomic E-state index is 0.714. The molecule has 0 aliphatic rings. The maximum absolute atomic E-state index is 6.48. The molecule has 0 N–H and O–H groups in total. The fourth-order valence-electron chi connectivity index (χ4n) is 2.61. The van der Waals surface area contributed by atoms with E-state index in [9.17, 15) is 0 Å². The molecule has 3 aromatic carbocycles. The summed E-state index contributed by atoms with van der Waals surface area (Å²) in [4.78, 5) is 0. The molecule has 0 aliphatic heterocycles. The van der Waals surface area contributed by atoms with E-state index < -0.39 is 0 Å². The number of hydrogen-bond acceptors (Lipinski definition) is 0. The van der Waals surface area contributed by atoms with Crippen LogP contribution in [0.4, 0.5) is 0 Å². The lowest BCUT2D eigenvalue weighted by Crippen LogP contribution is -1.87. The van der Waals surface area contributed by atoms with Crippen molar-refractivity contribution in [3.05, 3.63) is 69.7 Å². The molecule has 100 valence electrons. The van der Waals surface area contributed by atoms with Gasteiger partial charge in [0.1, 0.15) is 0 Å². The van der Waals surface area contributed by atoms with E-state index in [4.69, 9.17) is 23.2 Å². The predicted octanol–water partition coefficient (Wildman–Crippen LogP) is 6.43. The summed E-state index contributed by atoms with van der Waals surface area (Å²) >= 11 is 12.7. The Morgan fingerprint density at radius 1 is 0.700 bits per heavy atom. The Balaban J connectivity index is 2.39. The van der Waals surface area contributed by atoms with E-state index in [-0.39, 0.29) is 0 Å². The number of hydrogen-bond donors (Lipinski definition) is 0. The SMILES string of the molecule is Cc1cc(Cl)cc(-c2ccc(C)c3ccccc23)c1Cl. The Morgan fingerprint density at radius 3 is 2.15 bits per heavy atom. The van der Waals surface area contributed by atoms with Gasteiger partial charge in [-0.05, 0) is 53.4 Å². The molecule has 0 atom stereocenters. The highest BCUT2D eigenvalue weighted by molar-refractivity contribution is 6.36. The highest BCUT2D eigenvalue weighted by Crippen LogP contribution is 2.37. The molecule has 0 fully saturated rings. The number of benzene rings is 3. The largest absolute Gasteiger partial charge is 0.0843 e. The van der Waals surface area contributed by atoms with Gasteiger partial charge in [0.05, 0.1) is 5.02 Å². The van der Waals surface area contributed by atoms with Crippen molar-refractivity contribution in [1.82, 2.24) is 0 Å². The van der Waals surface area contributed by atoms with E-state index in [0.717, 1.165) is 21.7 Å². The molecule has 20 heavy (non-hydrogen) atoms. The van der Waals surface area contributed by atoms with Crippen molar-refractivity contribution in [2.45, 2.75) is 13.8 Å². The van der Waals surface area contributed by atoms with Gasteiger partial charge in [-0.1, -0.05) is 59.6 Å². The van der Waals surface area contributed by atoms with Crippen LogP contribution in [0, 0.1) is 13.8 Å². The average Bonchev–Trinajstić information content (AvgIpc) is 2.44. The summed E-state index contributed by atoms with van der Waals surface area (Å²) in [6.07, 6.45) is 0. The molecule has 0 heterocycles. The van der Waals surface area contributed by atoms with Gasteiger partial charge in [0.25, 0.3) is 0 Å². The number of halogens is 2. The summed E-state index contributed by atoms with van der Waals surface area (Å²) in [5, 5.41) is 3.93. The van der Waals surface area contributed by atoms with Crippen LogP contribution in [0.25, 0.3) is 21.9 Å². The van der Waals surface area contributed by atoms with Gasteiger partial charge in [0, 0.05) is 10.6 Å². The van der Waals surface area contributed by atoms with Crippen LogP contribution in [0.1, 0.15) is 11.1 Å². The third-order valence-electron chi connectivity index (χ3n) is 3.65. The fraction of sp³-hybridized carbons (Fsp3) is 0.111. The van der Waals surface area contributed by atoms with Crippen molar-refractivity contribution in [2.24, 2.45) is 0 Å². The van der Waals surface area contributed by atoms with E-state index in [0.29, 0.717) is 5.02 Å². The standard InChI is InChI=1S/C18H14Cl2/c1-11-7-8-16(15-6-4-3-5-14(11)15)17-10-13(19)9-12(2)18(17)20/h3-10H,1-2H3. The Bertz CT molecular complexity index is 804. The Hall–Kier alpha value is -1.50. The van der Waals surface area contributed by atoms with Crippen LogP contribution in [-0.2, 0) is 0 Å². The van der Waals surface area contributed by atoms with E-state index in [1.807, 2.05) is 19.1 Å². The van der Waals surface area contributed by atoms with Crippen LogP contribution in [0.3, 0.4) is 0 Å². The molecule has 0 spiro atoms. The third kappa shape index (κ3) is 2.19. The highest BCUT2D eigenvalue weighted by atomic mass is 35.5. The van der Waals surface area contributed by atoms with Crippen molar-refractivity contribution in [2.75, 3.05) is 0 Å². The van der Waals surface area contributed by atoms with Gasteiger partial charge in [0.15, 0.2) is 0 Å². The summed E-state index contributed by atoms with van der Waals surface area (Å²) in [6, 6.07) is 16.5. The monoisotopic (exact) mass is 300 g/mol. The molecule has 0 nitrogen and oxygen atoms in total. The first-order valence-corrected chi connectivity index (χ1v) is 7.28. The number of aryl methyl sites for hydroxylation is 2. The van der Waals surface area contributed by atoms with Gasteiger partial charge in [-0.3, -0.25) is 0 Å². The van der Waals surface area contributed by atoms with E-state index in [1.54, 1.807) is 0 Å². The quantitative estimate of drug-likeness (QED) is 0.486. The van der Waals surface area contributed by atoms with Gasteiger partial charge in [-0.25, -0.2) is 0 Å². The minimum Gasteiger partial charge on any atom is -0.0843 e. The first-order valence-electron chi connectivity index (χ1n) is 6.52. The second-order valence-electron chi connectivity index (χ2n) is 5.06. The third-order valence-corrected chi connectivity index (χ3v) is 4.37. The van der Waals surface area contributed by atoms with Crippen molar-refractivity contribution < 1.29 is 0 Å². The molecule has 0 aromatic heterocycles. The topological polar surface area (TPSA) is 0 Å². The molecule has 0 saturated heterocycles. The van der Waals surface area contributed by atoms with Crippen molar-refractivity contribution >= 4 is 34.0 Å². The number of rotatable bonds is 1. The molecule has 0 amide bonds. The fourth-order valence-corrected chi connectivity index (χ4v) is 3.09. The lowest BCUT2D eigenvalue weighted by molar-refractivity contribution is 1.46. The lowest BCUT2D eigenvalue weighted by Gasteiger charge is -2.12. The van der Waals surface area contributed by atoms with Gasteiger partial charge in [0.2, 0.25) is 0 Å². The first-order chi connectivity index (χ1) is 9.58. The molecule has 3 aromatic rings. The van der Waals surface area contributed by atoms with Crippen molar-refractivity contribution in [1.29, 1.82) is 0 Å². The summed E-state index contributed by atoms with van der Waals surface area (Å²) in [5.41, 5.74) is 4.38. The molecular formula is C18H14Cl2. The first kappa shape index (κ1) is 13.5. The Morgan fingerprint density at radius 2 is 1.40 bits per heavy atom. The molecule has 3 rings (SSSR count). The van der Waals surface area contributed by atoms with Crippen LogP contribution in [0.2, 0.25) is 10.0 Å². The second-order valence-corrected chi connectivity index (χ2v) is 5.87. The lowest BCUT2D eigenvalue weighted by atomic mass is 9.95. The Kier molecular flexibility index (Phi) is 3.45. The van der Waals surface area contributed by atoms with Crippen LogP contribution >= 0.6 is 23.2 Å². The van der Waals surface area contributed by atoms with Crippen molar-refractivity contribution in [3.63, 3.8) is 0 Å². The summed E-state index contributed by atoms with van der Waals surface area (Å²) in [5.74, 6) is 0. The van der Waals surface area contributed by atoms with E-state index in [2.05, 4.69) is 43.3 Å². The van der Waals surface area contributed by atoms with Gasteiger partial charge in [-0.2, -0.15) is 0 Å². The van der Waals surface area contributed by atoms with Crippen molar-refractivity contribution in [3.8, 4) is 11.1 Å². The molecule has 0 radical (unpaired) electrons.